The molecule has 0 bridgehead atoms. The van der Waals surface area contributed by atoms with Gasteiger partial charge in [0.15, 0.2) is 0 Å². The van der Waals surface area contributed by atoms with Gasteiger partial charge in [-0.1, -0.05) is 5.16 Å². The standard InChI is InChI=1S/C9H11N3O2S/c13-9(8-5-10-6-15-8)12-3-1-7(11-14)2-4-12/h5-6,14H,1-4H2. The molecule has 1 N–H and O–H groups in total. The average Bonchev–Trinajstić information content (AvgIpc) is 2.82. The first-order valence-electron chi connectivity index (χ1n) is 4.69. The smallest absolute Gasteiger partial charge is 0.265 e. The van der Waals surface area contributed by atoms with E-state index in [2.05, 4.69) is 10.1 Å². The van der Waals surface area contributed by atoms with Crippen molar-refractivity contribution in [2.75, 3.05) is 13.1 Å². The van der Waals surface area contributed by atoms with E-state index in [1.165, 1.54) is 11.3 Å². The predicted octanol–water partition coefficient (Wildman–Crippen LogP) is 1.21. The fraction of sp³-hybridized carbons (Fsp3) is 0.444. The summed E-state index contributed by atoms with van der Waals surface area (Å²) in [5.41, 5.74) is 2.42. The quantitative estimate of drug-likeness (QED) is 0.577. The van der Waals surface area contributed by atoms with Crippen molar-refractivity contribution in [1.29, 1.82) is 0 Å². The maximum absolute atomic E-state index is 11.8. The van der Waals surface area contributed by atoms with E-state index in [1.54, 1.807) is 16.6 Å². The lowest BCUT2D eigenvalue weighted by Gasteiger charge is -2.26. The van der Waals surface area contributed by atoms with Crippen LogP contribution in [0.25, 0.3) is 0 Å². The zero-order valence-corrected chi connectivity index (χ0v) is 8.90. The Labute approximate surface area is 91.0 Å². The minimum atomic E-state index is 0.0227. The largest absolute Gasteiger partial charge is 0.411 e. The van der Waals surface area contributed by atoms with Crippen LogP contribution in [0.15, 0.2) is 16.9 Å². The van der Waals surface area contributed by atoms with Crippen molar-refractivity contribution < 1.29 is 10.0 Å². The van der Waals surface area contributed by atoms with Crippen LogP contribution >= 0.6 is 11.3 Å². The number of likely N-dealkylation sites (tertiary alicyclic amines) is 1. The summed E-state index contributed by atoms with van der Waals surface area (Å²) in [7, 11) is 0. The van der Waals surface area contributed by atoms with E-state index < -0.39 is 0 Å². The molecule has 0 aromatic carbocycles. The molecule has 0 saturated carbocycles. The van der Waals surface area contributed by atoms with E-state index >= 15 is 0 Å². The van der Waals surface area contributed by atoms with Crippen molar-refractivity contribution in [1.82, 2.24) is 9.88 Å². The first-order valence-corrected chi connectivity index (χ1v) is 5.57. The van der Waals surface area contributed by atoms with E-state index in [0.29, 0.717) is 30.8 Å². The molecule has 1 saturated heterocycles. The number of amides is 1. The number of aromatic nitrogens is 1. The molecule has 80 valence electrons. The molecular weight excluding hydrogens is 214 g/mol. The fourth-order valence-electron chi connectivity index (χ4n) is 1.55. The highest BCUT2D eigenvalue weighted by Gasteiger charge is 2.21. The molecule has 2 rings (SSSR count). The van der Waals surface area contributed by atoms with Gasteiger partial charge in [-0.05, 0) is 0 Å². The Morgan fingerprint density at radius 3 is 2.80 bits per heavy atom. The van der Waals surface area contributed by atoms with Gasteiger partial charge in [-0.15, -0.1) is 11.3 Å². The third kappa shape index (κ3) is 2.15. The monoisotopic (exact) mass is 225 g/mol. The van der Waals surface area contributed by atoms with Crippen LogP contribution in [0, 0.1) is 0 Å². The molecule has 0 spiro atoms. The summed E-state index contributed by atoms with van der Waals surface area (Å²) >= 11 is 1.35. The van der Waals surface area contributed by atoms with Crippen molar-refractivity contribution in [3.8, 4) is 0 Å². The molecule has 1 amide bonds. The third-order valence-corrected chi connectivity index (χ3v) is 3.17. The van der Waals surface area contributed by atoms with Crippen LogP contribution in [-0.4, -0.2) is 39.8 Å². The summed E-state index contributed by atoms with van der Waals surface area (Å²) in [5.74, 6) is 0.0227. The molecule has 1 aromatic rings. The number of hydrogen-bond acceptors (Lipinski definition) is 5. The van der Waals surface area contributed by atoms with Gasteiger partial charge >= 0.3 is 0 Å². The first kappa shape index (κ1) is 10.1. The van der Waals surface area contributed by atoms with Crippen LogP contribution < -0.4 is 0 Å². The second-order valence-electron chi connectivity index (χ2n) is 3.32. The lowest BCUT2D eigenvalue weighted by Crippen LogP contribution is -2.38. The Morgan fingerprint density at radius 1 is 1.53 bits per heavy atom. The fourth-order valence-corrected chi connectivity index (χ4v) is 2.13. The lowest BCUT2D eigenvalue weighted by atomic mass is 10.1. The molecule has 6 heteroatoms. The molecule has 1 aliphatic heterocycles. The van der Waals surface area contributed by atoms with Crippen molar-refractivity contribution in [2.45, 2.75) is 12.8 Å². The first-order chi connectivity index (χ1) is 7.31. The van der Waals surface area contributed by atoms with Crippen LogP contribution in [0.4, 0.5) is 0 Å². The number of oxime groups is 1. The Bertz CT molecular complexity index is 365. The molecule has 0 unspecified atom stereocenters. The number of piperidine rings is 1. The summed E-state index contributed by atoms with van der Waals surface area (Å²) in [6.45, 7) is 1.24. The second kappa shape index (κ2) is 4.39. The molecule has 0 atom stereocenters. The van der Waals surface area contributed by atoms with Crippen LogP contribution in [0.2, 0.25) is 0 Å². The van der Waals surface area contributed by atoms with Gasteiger partial charge in [-0.3, -0.25) is 9.78 Å². The van der Waals surface area contributed by atoms with Crippen molar-refractivity contribution in [3.63, 3.8) is 0 Å². The molecule has 15 heavy (non-hydrogen) atoms. The predicted molar refractivity (Wildman–Crippen MR) is 56.5 cm³/mol. The average molecular weight is 225 g/mol. The van der Waals surface area contributed by atoms with Crippen molar-refractivity contribution in [2.24, 2.45) is 5.16 Å². The molecule has 1 fully saturated rings. The van der Waals surface area contributed by atoms with E-state index in [0.717, 1.165) is 5.71 Å². The summed E-state index contributed by atoms with van der Waals surface area (Å²) in [5, 5.41) is 11.7. The molecule has 2 heterocycles. The molecule has 0 radical (unpaired) electrons. The van der Waals surface area contributed by atoms with Gasteiger partial charge in [-0.25, -0.2) is 0 Å². The Hall–Kier alpha value is -1.43. The van der Waals surface area contributed by atoms with Crippen LogP contribution in [0.3, 0.4) is 0 Å². The van der Waals surface area contributed by atoms with Gasteiger partial charge in [-0.2, -0.15) is 0 Å². The highest BCUT2D eigenvalue weighted by Crippen LogP contribution is 2.14. The summed E-state index contributed by atoms with van der Waals surface area (Å²) < 4.78 is 0. The second-order valence-corrected chi connectivity index (χ2v) is 4.21. The number of rotatable bonds is 1. The SMILES string of the molecule is O=C(c1cncs1)N1CCC(=NO)CC1. The Balaban J connectivity index is 1.99. The maximum Gasteiger partial charge on any atom is 0.265 e. The molecule has 1 aromatic heterocycles. The number of hydrogen-bond donors (Lipinski definition) is 1. The zero-order chi connectivity index (χ0) is 10.7. The summed E-state index contributed by atoms with van der Waals surface area (Å²) in [6, 6.07) is 0. The highest BCUT2D eigenvalue weighted by atomic mass is 32.1. The van der Waals surface area contributed by atoms with Crippen LogP contribution in [0.5, 0.6) is 0 Å². The van der Waals surface area contributed by atoms with Gasteiger partial charge in [0.25, 0.3) is 5.91 Å². The van der Waals surface area contributed by atoms with Gasteiger partial charge in [0.1, 0.15) is 4.88 Å². The summed E-state index contributed by atoms with van der Waals surface area (Å²) in [6.07, 6.45) is 2.89. The molecular formula is C9H11N3O2S. The Kier molecular flexibility index (Phi) is 2.96. The molecule has 1 aliphatic rings. The highest BCUT2D eigenvalue weighted by molar-refractivity contribution is 7.11. The van der Waals surface area contributed by atoms with E-state index in [9.17, 15) is 4.79 Å². The number of carbonyl (C=O) groups excluding carboxylic acids is 1. The molecule has 5 nitrogen and oxygen atoms in total. The molecule has 0 aliphatic carbocycles. The minimum absolute atomic E-state index is 0.0227. The number of thiazole rings is 1. The lowest BCUT2D eigenvalue weighted by molar-refractivity contribution is 0.0758. The van der Waals surface area contributed by atoms with Crippen molar-refractivity contribution >= 4 is 23.0 Å². The van der Waals surface area contributed by atoms with Crippen LogP contribution in [-0.2, 0) is 0 Å². The van der Waals surface area contributed by atoms with E-state index in [4.69, 9.17) is 5.21 Å². The van der Waals surface area contributed by atoms with Crippen molar-refractivity contribution in [3.05, 3.63) is 16.6 Å². The summed E-state index contributed by atoms with van der Waals surface area (Å²) in [4.78, 5) is 18.2. The Morgan fingerprint density at radius 2 is 2.27 bits per heavy atom. The van der Waals surface area contributed by atoms with Crippen LogP contribution in [0.1, 0.15) is 22.5 Å². The van der Waals surface area contributed by atoms with Gasteiger partial charge < -0.3 is 10.1 Å². The third-order valence-electron chi connectivity index (χ3n) is 2.41. The number of carbonyl (C=O) groups is 1. The van der Waals surface area contributed by atoms with Gasteiger partial charge in [0, 0.05) is 25.9 Å². The normalized spacial score (nSPS) is 16.5. The van der Waals surface area contributed by atoms with E-state index in [1.807, 2.05) is 0 Å². The number of nitrogens with zero attached hydrogens (tertiary/aromatic N) is 3. The van der Waals surface area contributed by atoms with Gasteiger partial charge in [0.2, 0.25) is 0 Å². The topological polar surface area (TPSA) is 65.8 Å². The van der Waals surface area contributed by atoms with E-state index in [-0.39, 0.29) is 5.91 Å². The zero-order valence-electron chi connectivity index (χ0n) is 8.09. The maximum atomic E-state index is 11.8. The van der Waals surface area contributed by atoms with Gasteiger partial charge in [0.05, 0.1) is 17.4 Å². The minimum Gasteiger partial charge on any atom is -0.411 e.